The Bertz CT molecular complexity index is 1480. The largest absolute Gasteiger partial charge is 0.444 e. The summed E-state index contributed by atoms with van der Waals surface area (Å²) in [5, 5.41) is 3.43. The van der Waals surface area contributed by atoms with Crippen LogP contribution in [-0.2, 0) is 31.0 Å². The third-order valence-corrected chi connectivity index (χ3v) is 8.91. The van der Waals surface area contributed by atoms with Crippen LogP contribution in [0.1, 0.15) is 58.1 Å². The molecular weight excluding hydrogens is 560 g/mol. The molecule has 1 aromatic carbocycles. The quantitative estimate of drug-likeness (QED) is 0.333. The Morgan fingerprint density at radius 1 is 1.10 bits per heavy atom. The molecule has 12 nitrogen and oxygen atoms in total. The van der Waals surface area contributed by atoms with Gasteiger partial charge in [-0.05, 0) is 71.0 Å². The number of fused-ring (bicyclic) bond motifs is 1. The van der Waals surface area contributed by atoms with E-state index in [4.69, 9.17) is 9.47 Å². The van der Waals surface area contributed by atoms with Gasteiger partial charge in [0.2, 0.25) is 10.0 Å². The summed E-state index contributed by atoms with van der Waals surface area (Å²) in [4.78, 5) is 36.8. The highest BCUT2D eigenvalue weighted by atomic mass is 32.2. The van der Waals surface area contributed by atoms with Gasteiger partial charge in [0.25, 0.3) is 0 Å². The van der Waals surface area contributed by atoms with Crippen LogP contribution in [0.2, 0.25) is 0 Å². The Labute approximate surface area is 246 Å². The maximum atomic E-state index is 13.2. The highest BCUT2D eigenvalue weighted by molar-refractivity contribution is 7.89. The molecule has 0 saturated heterocycles. The standard InChI is InChI=1S/C29H40N6O6S/c1-29(2,3)41-28(37)33-24(21-9-7-6-8-10-21)27(36)40-19-35-16-15-23-25(31-18-32-26(23)35)34(5)22-13-11-20(12-14-22)17-42(38,39)30-4/h6-10,15-16,18,20,22,24,30H,11-14,17,19H2,1-5H3,(H,33,37)/t20?,22?,24-/m0/s1. The lowest BCUT2D eigenvalue weighted by Crippen LogP contribution is -2.38. The molecule has 1 aliphatic rings. The number of aromatic nitrogens is 3. The summed E-state index contributed by atoms with van der Waals surface area (Å²) in [6.07, 6.45) is 5.89. The van der Waals surface area contributed by atoms with E-state index < -0.39 is 33.7 Å². The third-order valence-electron chi connectivity index (χ3n) is 7.37. The molecule has 0 unspecified atom stereocenters. The van der Waals surface area contributed by atoms with Crippen LogP contribution in [0.15, 0.2) is 48.9 Å². The summed E-state index contributed by atoms with van der Waals surface area (Å²) in [6.45, 7) is 5.12. The molecule has 1 saturated carbocycles. The van der Waals surface area contributed by atoms with E-state index in [9.17, 15) is 18.0 Å². The number of rotatable bonds is 10. The molecule has 0 spiro atoms. The summed E-state index contributed by atoms with van der Waals surface area (Å²) in [5.41, 5.74) is 0.441. The van der Waals surface area contributed by atoms with Gasteiger partial charge in [0, 0.05) is 19.3 Å². The Morgan fingerprint density at radius 3 is 2.43 bits per heavy atom. The van der Waals surface area contributed by atoms with Crippen molar-refractivity contribution in [3.8, 4) is 0 Å². The Balaban J connectivity index is 1.44. The fraction of sp³-hybridized carbons (Fsp3) is 0.517. The van der Waals surface area contributed by atoms with Crippen LogP contribution in [0, 0.1) is 5.92 Å². The summed E-state index contributed by atoms with van der Waals surface area (Å²) in [6, 6.07) is 9.87. The number of alkyl carbamates (subject to hydrolysis) is 1. The molecule has 13 heteroatoms. The first kappa shape index (κ1) is 31.2. The van der Waals surface area contributed by atoms with Gasteiger partial charge in [-0.25, -0.2) is 32.7 Å². The monoisotopic (exact) mass is 600 g/mol. The molecule has 2 heterocycles. The number of esters is 1. The Morgan fingerprint density at radius 2 is 1.79 bits per heavy atom. The number of hydrogen-bond donors (Lipinski definition) is 2. The average molecular weight is 601 g/mol. The van der Waals surface area contributed by atoms with Crippen molar-refractivity contribution in [1.82, 2.24) is 24.6 Å². The first-order chi connectivity index (χ1) is 19.9. The number of ether oxygens (including phenoxy) is 2. The van der Waals surface area contributed by atoms with E-state index in [1.807, 2.05) is 19.2 Å². The van der Waals surface area contributed by atoms with Crippen molar-refractivity contribution < 1.29 is 27.5 Å². The van der Waals surface area contributed by atoms with Gasteiger partial charge in [-0.1, -0.05) is 30.3 Å². The van der Waals surface area contributed by atoms with Crippen molar-refractivity contribution in [3.05, 3.63) is 54.5 Å². The van der Waals surface area contributed by atoms with Gasteiger partial charge >= 0.3 is 12.1 Å². The first-order valence-corrected chi connectivity index (χ1v) is 15.7. The number of nitrogens with zero attached hydrogens (tertiary/aromatic N) is 4. The van der Waals surface area contributed by atoms with Crippen LogP contribution in [-0.4, -0.2) is 66.5 Å². The number of benzene rings is 1. The molecular formula is C29H40N6O6S. The number of nitrogens with one attached hydrogen (secondary N) is 2. The molecule has 4 rings (SSSR count). The van der Waals surface area contributed by atoms with Crippen molar-refractivity contribution in [2.45, 2.75) is 70.9 Å². The lowest BCUT2D eigenvalue weighted by Gasteiger charge is -2.35. The minimum absolute atomic E-state index is 0.118. The van der Waals surface area contributed by atoms with E-state index in [2.05, 4.69) is 24.9 Å². The minimum atomic E-state index is -3.23. The number of anilines is 1. The van der Waals surface area contributed by atoms with Crippen molar-refractivity contribution in [1.29, 1.82) is 0 Å². The van der Waals surface area contributed by atoms with Crippen LogP contribution >= 0.6 is 0 Å². The third kappa shape index (κ3) is 7.97. The van der Waals surface area contributed by atoms with Gasteiger partial charge < -0.3 is 19.7 Å². The summed E-state index contributed by atoms with van der Waals surface area (Å²) in [7, 11) is 0.205. The molecule has 1 amide bonds. The van der Waals surface area contributed by atoms with Crippen molar-refractivity contribution in [3.63, 3.8) is 0 Å². The molecule has 1 fully saturated rings. The Hall–Kier alpha value is -3.71. The summed E-state index contributed by atoms with van der Waals surface area (Å²) >= 11 is 0. The predicted molar refractivity (Wildman–Crippen MR) is 159 cm³/mol. The van der Waals surface area contributed by atoms with Gasteiger partial charge in [-0.2, -0.15) is 0 Å². The second kappa shape index (κ2) is 13.1. The molecule has 228 valence electrons. The zero-order chi connectivity index (χ0) is 30.5. The first-order valence-electron chi connectivity index (χ1n) is 14.0. The zero-order valence-corrected chi connectivity index (χ0v) is 25.6. The van der Waals surface area contributed by atoms with Crippen LogP contribution in [0.3, 0.4) is 0 Å². The fourth-order valence-electron chi connectivity index (χ4n) is 5.21. The lowest BCUT2D eigenvalue weighted by molar-refractivity contribution is -0.150. The SMILES string of the molecule is CNS(=O)(=O)CC1CCC(N(C)c2ncnc3c2ccn3COC(=O)[C@@H](NC(=O)OC(C)(C)C)c2ccccc2)CC1. The molecule has 0 aliphatic heterocycles. The lowest BCUT2D eigenvalue weighted by atomic mass is 9.86. The van der Waals surface area contributed by atoms with Gasteiger partial charge in [0.05, 0.1) is 11.1 Å². The van der Waals surface area contributed by atoms with E-state index in [0.29, 0.717) is 11.2 Å². The maximum absolute atomic E-state index is 13.2. The number of amides is 1. The average Bonchev–Trinajstić information content (AvgIpc) is 3.37. The van der Waals surface area contributed by atoms with Crippen molar-refractivity contribution >= 4 is 38.9 Å². The summed E-state index contributed by atoms with van der Waals surface area (Å²) < 4.78 is 39.0. The van der Waals surface area contributed by atoms with Crippen LogP contribution in [0.4, 0.5) is 10.6 Å². The topological polar surface area (TPSA) is 145 Å². The molecule has 0 bridgehead atoms. The smallest absolute Gasteiger partial charge is 0.408 e. The van der Waals surface area contributed by atoms with Crippen molar-refractivity contribution in [2.24, 2.45) is 5.92 Å². The van der Waals surface area contributed by atoms with Crippen LogP contribution in [0.5, 0.6) is 0 Å². The van der Waals surface area contributed by atoms with Crippen molar-refractivity contribution in [2.75, 3.05) is 24.7 Å². The second-order valence-corrected chi connectivity index (χ2v) is 13.5. The maximum Gasteiger partial charge on any atom is 0.408 e. The summed E-state index contributed by atoms with van der Waals surface area (Å²) in [5.74, 6) is 0.401. The van der Waals surface area contributed by atoms with Gasteiger partial charge in [0.15, 0.2) is 12.8 Å². The highest BCUT2D eigenvalue weighted by Gasteiger charge is 2.29. The number of carbonyl (C=O) groups excluding carboxylic acids is 2. The molecule has 1 aliphatic carbocycles. The van der Waals surface area contributed by atoms with E-state index in [1.165, 1.54) is 13.4 Å². The van der Waals surface area contributed by atoms with E-state index in [1.54, 1.807) is 55.8 Å². The number of hydrogen-bond acceptors (Lipinski definition) is 9. The highest BCUT2D eigenvalue weighted by Crippen LogP contribution is 2.32. The molecule has 2 aromatic heterocycles. The number of sulfonamides is 1. The molecule has 1 atom stereocenters. The van der Waals surface area contributed by atoms with Crippen LogP contribution in [0.25, 0.3) is 11.0 Å². The second-order valence-electron chi connectivity index (χ2n) is 11.6. The van der Waals surface area contributed by atoms with E-state index in [-0.39, 0.29) is 24.4 Å². The fourth-order valence-corrected chi connectivity index (χ4v) is 6.33. The van der Waals surface area contributed by atoms with Gasteiger partial charge in [0.1, 0.15) is 23.4 Å². The predicted octanol–water partition coefficient (Wildman–Crippen LogP) is 3.74. The molecule has 2 N–H and O–H groups in total. The number of carbonyl (C=O) groups is 2. The van der Waals surface area contributed by atoms with Crippen LogP contribution < -0.4 is 14.9 Å². The van der Waals surface area contributed by atoms with E-state index >= 15 is 0 Å². The molecule has 3 aromatic rings. The van der Waals surface area contributed by atoms with Gasteiger partial charge in [-0.15, -0.1) is 0 Å². The molecule has 42 heavy (non-hydrogen) atoms. The van der Waals surface area contributed by atoms with Gasteiger partial charge in [-0.3, -0.25) is 4.57 Å². The van der Waals surface area contributed by atoms with E-state index in [0.717, 1.165) is 36.9 Å². The minimum Gasteiger partial charge on any atom is -0.444 e. The normalized spacial score (nSPS) is 18.3. The molecule has 0 radical (unpaired) electrons. The zero-order valence-electron chi connectivity index (χ0n) is 24.7. The Kier molecular flexibility index (Phi) is 9.72.